The minimum atomic E-state index is -0.170. The summed E-state index contributed by atoms with van der Waals surface area (Å²) < 4.78 is 2.96. The van der Waals surface area contributed by atoms with Crippen LogP contribution in [-0.2, 0) is 6.42 Å². The third-order valence-electron chi connectivity index (χ3n) is 3.03. The average Bonchev–Trinajstić information content (AvgIpc) is 2.74. The molecule has 2 N–H and O–H groups in total. The maximum Gasteiger partial charge on any atom is 0.0834 e. The predicted molar refractivity (Wildman–Crippen MR) is 82.4 cm³/mol. The zero-order valence-corrected chi connectivity index (χ0v) is 13.3. The van der Waals surface area contributed by atoms with Crippen LogP contribution >= 0.6 is 27.5 Å². The summed E-state index contributed by atoms with van der Waals surface area (Å²) in [5.74, 6) is 0. The van der Waals surface area contributed by atoms with Crippen LogP contribution in [0.2, 0.25) is 5.02 Å². The molecule has 5 heteroatoms. The highest BCUT2D eigenvalue weighted by molar-refractivity contribution is 9.10. The van der Waals surface area contributed by atoms with Crippen LogP contribution < -0.4 is 5.73 Å². The second-order valence-corrected chi connectivity index (χ2v) is 6.08. The van der Waals surface area contributed by atoms with Gasteiger partial charge in [-0.25, -0.2) is 0 Å². The Hall–Kier alpha value is -0.840. The Morgan fingerprint density at radius 2 is 2.05 bits per heavy atom. The second-order valence-electron chi connectivity index (χ2n) is 4.82. The summed E-state index contributed by atoms with van der Waals surface area (Å²) in [6.07, 6.45) is 2.39. The quantitative estimate of drug-likeness (QED) is 0.908. The van der Waals surface area contributed by atoms with Crippen molar-refractivity contribution in [2.24, 2.45) is 5.73 Å². The summed E-state index contributed by atoms with van der Waals surface area (Å²) in [5.41, 5.74) is 8.38. The van der Waals surface area contributed by atoms with E-state index in [-0.39, 0.29) is 12.1 Å². The molecule has 0 saturated carbocycles. The molecule has 1 atom stereocenters. The first-order chi connectivity index (χ1) is 9.00. The minimum Gasteiger partial charge on any atom is -0.322 e. The Morgan fingerprint density at radius 3 is 2.68 bits per heavy atom. The van der Waals surface area contributed by atoms with Crippen LogP contribution in [0, 0.1) is 0 Å². The van der Waals surface area contributed by atoms with Gasteiger partial charge in [0.05, 0.1) is 23.0 Å². The molecule has 0 spiro atoms. The number of hydrogen-bond donors (Lipinski definition) is 1. The number of rotatable bonds is 4. The summed E-state index contributed by atoms with van der Waals surface area (Å²) >= 11 is 9.76. The smallest absolute Gasteiger partial charge is 0.0834 e. The Balaban J connectivity index is 2.28. The molecule has 3 nitrogen and oxygen atoms in total. The van der Waals surface area contributed by atoms with Gasteiger partial charge in [0.2, 0.25) is 0 Å². The van der Waals surface area contributed by atoms with Gasteiger partial charge >= 0.3 is 0 Å². The predicted octanol–water partition coefficient (Wildman–Crippen LogP) is 4.12. The van der Waals surface area contributed by atoms with Crippen molar-refractivity contribution in [3.8, 4) is 0 Å². The molecular weight excluding hydrogens is 326 g/mol. The maximum atomic E-state index is 6.31. The fourth-order valence-electron chi connectivity index (χ4n) is 2.11. The summed E-state index contributed by atoms with van der Waals surface area (Å²) in [7, 11) is 0. The van der Waals surface area contributed by atoms with Crippen molar-refractivity contribution in [3.05, 3.63) is 51.2 Å². The summed E-state index contributed by atoms with van der Waals surface area (Å²) in [6, 6.07) is 8.15. The van der Waals surface area contributed by atoms with Crippen LogP contribution in [0.1, 0.15) is 37.2 Å². The lowest BCUT2D eigenvalue weighted by Gasteiger charge is -2.18. The SMILES string of the molecule is CC(C)n1ncc(Cl)c1C(N)Cc1ccccc1Br. The molecule has 0 fully saturated rings. The standard InChI is InChI=1S/C14H17BrClN3/c1-9(2)19-14(12(16)8-18-19)13(17)7-10-5-3-4-6-11(10)15/h3-6,8-9,13H,7,17H2,1-2H3. The van der Waals surface area contributed by atoms with Crippen LogP contribution in [0.25, 0.3) is 0 Å². The Labute approximate surface area is 126 Å². The molecule has 1 aromatic heterocycles. The first-order valence-electron chi connectivity index (χ1n) is 6.22. The van der Waals surface area contributed by atoms with E-state index >= 15 is 0 Å². The van der Waals surface area contributed by atoms with Crippen molar-refractivity contribution < 1.29 is 0 Å². The van der Waals surface area contributed by atoms with Gasteiger partial charge in [-0.05, 0) is 31.9 Å². The largest absolute Gasteiger partial charge is 0.322 e. The van der Waals surface area contributed by atoms with Crippen LogP contribution in [0.15, 0.2) is 34.9 Å². The van der Waals surface area contributed by atoms with Gasteiger partial charge < -0.3 is 5.73 Å². The first kappa shape index (κ1) is 14.6. The van der Waals surface area contributed by atoms with Gasteiger partial charge in [-0.2, -0.15) is 5.10 Å². The van der Waals surface area contributed by atoms with Crippen LogP contribution in [0.5, 0.6) is 0 Å². The molecule has 1 heterocycles. The molecule has 0 aliphatic rings. The summed E-state index contributed by atoms with van der Waals surface area (Å²) in [4.78, 5) is 0. The van der Waals surface area contributed by atoms with Gasteiger partial charge in [0.15, 0.2) is 0 Å². The molecule has 0 amide bonds. The lowest BCUT2D eigenvalue weighted by atomic mass is 10.0. The molecule has 0 radical (unpaired) electrons. The number of nitrogens with zero attached hydrogens (tertiary/aromatic N) is 2. The Bertz CT molecular complexity index is 566. The minimum absolute atomic E-state index is 0.170. The van der Waals surface area contributed by atoms with Crippen LogP contribution in [0.3, 0.4) is 0 Å². The van der Waals surface area contributed by atoms with E-state index in [4.69, 9.17) is 17.3 Å². The lowest BCUT2D eigenvalue weighted by Crippen LogP contribution is -2.20. The van der Waals surface area contributed by atoms with E-state index in [0.717, 1.165) is 16.6 Å². The highest BCUT2D eigenvalue weighted by Crippen LogP contribution is 2.28. The van der Waals surface area contributed by atoms with Crippen molar-refractivity contribution in [1.29, 1.82) is 0 Å². The highest BCUT2D eigenvalue weighted by Gasteiger charge is 2.19. The van der Waals surface area contributed by atoms with Crippen molar-refractivity contribution >= 4 is 27.5 Å². The van der Waals surface area contributed by atoms with E-state index < -0.39 is 0 Å². The van der Waals surface area contributed by atoms with E-state index in [1.165, 1.54) is 5.56 Å². The zero-order valence-electron chi connectivity index (χ0n) is 11.0. The molecule has 19 heavy (non-hydrogen) atoms. The number of nitrogens with two attached hydrogens (primary N) is 1. The molecule has 1 unspecified atom stereocenters. The van der Waals surface area contributed by atoms with E-state index in [0.29, 0.717) is 5.02 Å². The van der Waals surface area contributed by atoms with E-state index in [1.807, 2.05) is 22.9 Å². The summed E-state index contributed by atoms with van der Waals surface area (Å²) in [5, 5.41) is 4.93. The highest BCUT2D eigenvalue weighted by atomic mass is 79.9. The van der Waals surface area contributed by atoms with Gasteiger partial charge in [-0.1, -0.05) is 45.7 Å². The Kier molecular flexibility index (Phi) is 4.66. The average molecular weight is 343 g/mol. The normalized spacial score (nSPS) is 12.9. The van der Waals surface area contributed by atoms with Gasteiger partial charge in [-0.15, -0.1) is 0 Å². The van der Waals surface area contributed by atoms with Gasteiger partial charge in [-0.3, -0.25) is 4.68 Å². The van der Waals surface area contributed by atoms with Crippen molar-refractivity contribution in [2.45, 2.75) is 32.4 Å². The first-order valence-corrected chi connectivity index (χ1v) is 7.39. The zero-order chi connectivity index (χ0) is 14.0. The fraction of sp³-hybridized carbons (Fsp3) is 0.357. The van der Waals surface area contributed by atoms with Crippen LogP contribution in [0.4, 0.5) is 0 Å². The number of hydrogen-bond acceptors (Lipinski definition) is 2. The molecule has 0 aliphatic carbocycles. The number of halogens is 2. The van der Waals surface area contributed by atoms with Crippen LogP contribution in [-0.4, -0.2) is 9.78 Å². The molecule has 1 aromatic carbocycles. The maximum absolute atomic E-state index is 6.31. The van der Waals surface area contributed by atoms with Crippen molar-refractivity contribution in [3.63, 3.8) is 0 Å². The third kappa shape index (κ3) is 3.19. The third-order valence-corrected chi connectivity index (χ3v) is 4.09. The van der Waals surface area contributed by atoms with Crippen molar-refractivity contribution in [1.82, 2.24) is 9.78 Å². The molecule has 102 valence electrons. The monoisotopic (exact) mass is 341 g/mol. The van der Waals surface area contributed by atoms with E-state index in [2.05, 4.69) is 40.9 Å². The van der Waals surface area contributed by atoms with Crippen molar-refractivity contribution in [2.75, 3.05) is 0 Å². The van der Waals surface area contributed by atoms with Gasteiger partial charge in [0, 0.05) is 10.5 Å². The molecule has 2 aromatic rings. The number of aromatic nitrogens is 2. The second kappa shape index (κ2) is 6.07. The van der Waals surface area contributed by atoms with E-state index in [1.54, 1.807) is 6.20 Å². The molecule has 0 aliphatic heterocycles. The lowest BCUT2D eigenvalue weighted by molar-refractivity contribution is 0.485. The summed E-state index contributed by atoms with van der Waals surface area (Å²) in [6.45, 7) is 4.13. The molecule has 0 saturated heterocycles. The Morgan fingerprint density at radius 1 is 1.37 bits per heavy atom. The molecule has 2 rings (SSSR count). The molecule has 0 bridgehead atoms. The number of benzene rings is 1. The van der Waals surface area contributed by atoms with Gasteiger partial charge in [0.1, 0.15) is 0 Å². The van der Waals surface area contributed by atoms with Gasteiger partial charge in [0.25, 0.3) is 0 Å². The van der Waals surface area contributed by atoms with E-state index in [9.17, 15) is 0 Å². The fourth-order valence-corrected chi connectivity index (χ4v) is 2.82. The topological polar surface area (TPSA) is 43.8 Å². The molecular formula is C14H17BrClN3.